The lowest BCUT2D eigenvalue weighted by Gasteiger charge is -2.20. The topological polar surface area (TPSA) is 95.9 Å². The van der Waals surface area contributed by atoms with Crippen molar-refractivity contribution in [3.05, 3.63) is 48.6 Å². The van der Waals surface area contributed by atoms with Crippen LogP contribution in [0.3, 0.4) is 0 Å². The fourth-order valence-electron chi connectivity index (χ4n) is 8.60. The Morgan fingerprint density at radius 2 is 0.758 bits per heavy atom. The molecule has 0 spiro atoms. The van der Waals surface area contributed by atoms with Crippen LogP contribution in [-0.2, 0) is 14.3 Å². The maximum atomic E-state index is 12.5. The zero-order chi connectivity index (χ0) is 47.9. The van der Waals surface area contributed by atoms with Crippen LogP contribution in [0.2, 0.25) is 0 Å². The number of nitrogens with one attached hydrogen (secondary N) is 1. The summed E-state index contributed by atoms with van der Waals surface area (Å²) in [4.78, 5) is 24.5. The minimum atomic E-state index is -0.857. The monoisotopic (exact) mass is 926 g/mol. The summed E-state index contributed by atoms with van der Waals surface area (Å²) in [7, 11) is 0. The molecule has 0 saturated carbocycles. The van der Waals surface area contributed by atoms with Crippen LogP contribution < -0.4 is 5.32 Å². The summed E-state index contributed by atoms with van der Waals surface area (Å²) in [5.74, 6) is -0.110. The highest BCUT2D eigenvalue weighted by molar-refractivity contribution is 5.76. The number of aliphatic hydroxyl groups excluding tert-OH is 2. The largest absolute Gasteiger partial charge is 0.466 e. The highest BCUT2D eigenvalue weighted by Crippen LogP contribution is 2.16. The molecule has 0 aliphatic rings. The number of carbonyl (C=O) groups is 2. The SMILES string of the molecule is CCCCC/C=C\CCCCCCCC(=O)OCCCCC/C=C\C/C=C\CCCCCCCCCC(=O)NC(CO)C(O)/C=C/CCCCCCCCCCCCCCCCCCCC. The molecule has 0 aromatic carbocycles. The van der Waals surface area contributed by atoms with Crippen LogP contribution in [0.4, 0.5) is 0 Å². The number of hydrogen-bond acceptors (Lipinski definition) is 5. The summed E-state index contributed by atoms with van der Waals surface area (Å²) < 4.78 is 5.43. The van der Waals surface area contributed by atoms with Crippen molar-refractivity contribution >= 4 is 11.9 Å². The molecule has 1 amide bonds. The number of unbranched alkanes of at least 4 members (excludes halogenated alkanes) is 36. The van der Waals surface area contributed by atoms with Crippen molar-refractivity contribution in [3.8, 4) is 0 Å². The normalized spacial score (nSPS) is 13.0. The van der Waals surface area contributed by atoms with E-state index < -0.39 is 12.1 Å². The number of esters is 1. The molecule has 0 rings (SSSR count). The van der Waals surface area contributed by atoms with E-state index in [0.717, 1.165) is 83.5 Å². The minimum Gasteiger partial charge on any atom is -0.466 e. The molecule has 0 saturated heterocycles. The highest BCUT2D eigenvalue weighted by atomic mass is 16.5. The first-order valence-corrected chi connectivity index (χ1v) is 28.9. The van der Waals surface area contributed by atoms with Gasteiger partial charge in [0.25, 0.3) is 0 Å². The number of amides is 1. The Kier molecular flexibility index (Phi) is 53.6. The number of rotatable bonds is 53. The molecule has 0 aromatic rings. The lowest BCUT2D eigenvalue weighted by molar-refractivity contribution is -0.143. The van der Waals surface area contributed by atoms with Gasteiger partial charge in [0.05, 0.1) is 25.4 Å². The molecule has 0 heterocycles. The van der Waals surface area contributed by atoms with Gasteiger partial charge in [-0.15, -0.1) is 0 Å². The second-order valence-corrected chi connectivity index (χ2v) is 19.6. The number of hydrogen-bond donors (Lipinski definition) is 3. The van der Waals surface area contributed by atoms with E-state index in [-0.39, 0.29) is 18.5 Å². The van der Waals surface area contributed by atoms with E-state index >= 15 is 0 Å². The molecule has 0 radical (unpaired) electrons. The Morgan fingerprint density at radius 3 is 1.20 bits per heavy atom. The maximum absolute atomic E-state index is 12.5. The number of aliphatic hydroxyl groups is 2. The van der Waals surface area contributed by atoms with Gasteiger partial charge < -0.3 is 20.3 Å². The summed E-state index contributed by atoms with van der Waals surface area (Å²) in [5, 5.41) is 23.2. The lowest BCUT2D eigenvalue weighted by Crippen LogP contribution is -2.45. The van der Waals surface area contributed by atoms with Gasteiger partial charge in [-0.2, -0.15) is 0 Å². The molecule has 0 fully saturated rings. The average molecular weight is 927 g/mol. The van der Waals surface area contributed by atoms with Gasteiger partial charge >= 0.3 is 5.97 Å². The molecule has 2 unspecified atom stereocenters. The van der Waals surface area contributed by atoms with E-state index in [0.29, 0.717) is 19.4 Å². The zero-order valence-electron chi connectivity index (χ0n) is 43.9. The fourth-order valence-corrected chi connectivity index (χ4v) is 8.60. The predicted octanol–water partition coefficient (Wildman–Crippen LogP) is 17.8. The number of ether oxygens (including phenoxy) is 1. The van der Waals surface area contributed by atoms with E-state index in [1.807, 2.05) is 6.08 Å². The second-order valence-electron chi connectivity index (χ2n) is 19.6. The zero-order valence-corrected chi connectivity index (χ0v) is 43.9. The van der Waals surface area contributed by atoms with Gasteiger partial charge in [0.15, 0.2) is 0 Å². The third-order valence-electron chi connectivity index (χ3n) is 13.1. The molecule has 2 atom stereocenters. The predicted molar refractivity (Wildman–Crippen MR) is 287 cm³/mol. The molecule has 66 heavy (non-hydrogen) atoms. The minimum absolute atomic E-state index is 0.0269. The summed E-state index contributed by atoms with van der Waals surface area (Å²) in [6.45, 7) is 4.84. The number of allylic oxidation sites excluding steroid dienone is 7. The number of carbonyl (C=O) groups excluding carboxylic acids is 2. The van der Waals surface area contributed by atoms with Gasteiger partial charge in [0, 0.05) is 12.8 Å². The van der Waals surface area contributed by atoms with E-state index in [4.69, 9.17) is 4.74 Å². The summed E-state index contributed by atoms with van der Waals surface area (Å²) in [6.07, 6.45) is 69.9. The molecular weight excluding hydrogens is 815 g/mol. The van der Waals surface area contributed by atoms with Crippen LogP contribution in [0, 0.1) is 0 Å². The van der Waals surface area contributed by atoms with Gasteiger partial charge in [-0.1, -0.05) is 236 Å². The molecule has 0 aliphatic heterocycles. The Labute approximate surface area is 410 Å². The molecule has 386 valence electrons. The first kappa shape index (κ1) is 63.8. The van der Waals surface area contributed by atoms with Crippen LogP contribution in [0.5, 0.6) is 0 Å². The second kappa shape index (κ2) is 55.4. The van der Waals surface area contributed by atoms with E-state index in [9.17, 15) is 19.8 Å². The Bertz CT molecular complexity index is 1110. The molecule has 0 aromatic heterocycles. The van der Waals surface area contributed by atoms with E-state index in [2.05, 4.69) is 55.6 Å². The molecule has 6 heteroatoms. The van der Waals surface area contributed by atoms with Gasteiger partial charge in [-0.25, -0.2) is 0 Å². The smallest absolute Gasteiger partial charge is 0.305 e. The van der Waals surface area contributed by atoms with Crippen LogP contribution in [0.15, 0.2) is 48.6 Å². The molecule has 0 bridgehead atoms. The van der Waals surface area contributed by atoms with Gasteiger partial charge in [0.2, 0.25) is 5.91 Å². The Balaban J connectivity index is 3.55. The van der Waals surface area contributed by atoms with Gasteiger partial charge in [0.1, 0.15) is 0 Å². The van der Waals surface area contributed by atoms with E-state index in [1.165, 1.54) is 186 Å². The van der Waals surface area contributed by atoms with Crippen molar-refractivity contribution in [2.24, 2.45) is 0 Å². The first-order chi connectivity index (χ1) is 32.5. The average Bonchev–Trinajstić information content (AvgIpc) is 3.32. The van der Waals surface area contributed by atoms with Crippen LogP contribution in [0.25, 0.3) is 0 Å². The molecule has 0 aliphatic carbocycles. The molecule has 6 nitrogen and oxygen atoms in total. The van der Waals surface area contributed by atoms with Gasteiger partial charge in [-0.05, 0) is 96.3 Å². The maximum Gasteiger partial charge on any atom is 0.305 e. The van der Waals surface area contributed by atoms with Crippen LogP contribution in [-0.4, -0.2) is 47.4 Å². The first-order valence-electron chi connectivity index (χ1n) is 28.9. The van der Waals surface area contributed by atoms with E-state index in [1.54, 1.807) is 6.08 Å². The molecular formula is C60H111NO5. The fraction of sp³-hybridized carbons (Fsp3) is 0.833. The Hall–Kier alpha value is -2.18. The van der Waals surface area contributed by atoms with Gasteiger partial charge in [-0.3, -0.25) is 9.59 Å². The van der Waals surface area contributed by atoms with Crippen molar-refractivity contribution < 1.29 is 24.5 Å². The quantitative estimate of drug-likeness (QED) is 0.0321. The van der Waals surface area contributed by atoms with Crippen LogP contribution >= 0.6 is 0 Å². The van der Waals surface area contributed by atoms with Crippen molar-refractivity contribution in [1.82, 2.24) is 5.32 Å². The van der Waals surface area contributed by atoms with Crippen LogP contribution in [0.1, 0.15) is 296 Å². The standard InChI is InChI=1S/C60H111NO5/c1-3-5-7-9-11-13-15-17-18-19-20-21-23-26-29-32-36-40-44-48-52-58(63)57(56-62)61-59(64)53-49-45-41-37-33-30-27-24-22-25-28-31-35-39-43-47-51-55-66-60(65)54-50-46-42-38-34-16-14-12-10-8-6-4-2/h12,14,22,25,31,35,48,52,57-58,62-63H,3-11,13,15-21,23-24,26-30,32-34,36-47,49-51,53-56H2,1-2H3,(H,61,64)/b14-12-,25-22-,35-31-,52-48+. The third kappa shape index (κ3) is 51.2. The van der Waals surface area contributed by atoms with Crippen molar-refractivity contribution in [2.75, 3.05) is 13.2 Å². The van der Waals surface area contributed by atoms with Crippen molar-refractivity contribution in [2.45, 2.75) is 309 Å². The molecule has 3 N–H and O–H groups in total. The summed E-state index contributed by atoms with van der Waals surface area (Å²) in [6, 6.07) is -0.642. The third-order valence-corrected chi connectivity index (χ3v) is 13.1. The lowest BCUT2D eigenvalue weighted by atomic mass is 10.0. The van der Waals surface area contributed by atoms with Crippen molar-refractivity contribution in [1.29, 1.82) is 0 Å². The summed E-state index contributed by atoms with van der Waals surface area (Å²) in [5.41, 5.74) is 0. The Morgan fingerprint density at radius 1 is 0.424 bits per heavy atom. The highest BCUT2D eigenvalue weighted by Gasteiger charge is 2.18. The van der Waals surface area contributed by atoms with Crippen molar-refractivity contribution in [3.63, 3.8) is 0 Å². The summed E-state index contributed by atoms with van der Waals surface area (Å²) >= 11 is 0.